The quantitative estimate of drug-likeness (QED) is 0.569. The summed E-state index contributed by atoms with van der Waals surface area (Å²) in [5.41, 5.74) is -0.609. The zero-order valence-corrected chi connectivity index (χ0v) is 18.2. The largest absolute Gasteiger partial charge is 0.460 e. The van der Waals surface area contributed by atoms with Gasteiger partial charge in [-0.05, 0) is 18.8 Å². The molecule has 168 valence electrons. The van der Waals surface area contributed by atoms with E-state index in [1.165, 1.54) is 6.92 Å². The maximum atomic E-state index is 11.8. The molecule has 2 spiro atoms. The first-order valence-corrected chi connectivity index (χ1v) is 11.3. The summed E-state index contributed by atoms with van der Waals surface area (Å²) in [5.74, 6) is -0.298. The molecule has 10 unspecified atom stereocenters. The number of benzene rings is 1. The Morgan fingerprint density at radius 1 is 1.16 bits per heavy atom. The van der Waals surface area contributed by atoms with Crippen LogP contribution >= 0.6 is 0 Å². The second-order valence-electron chi connectivity index (χ2n) is 10.3. The summed E-state index contributed by atoms with van der Waals surface area (Å²) in [6.45, 7) is 6.62. The van der Waals surface area contributed by atoms with E-state index in [0.717, 1.165) is 5.56 Å². The summed E-state index contributed by atoms with van der Waals surface area (Å²) in [6, 6.07) is 9.83. The van der Waals surface area contributed by atoms with Crippen LogP contribution < -0.4 is 0 Å². The number of epoxide rings is 1. The van der Waals surface area contributed by atoms with Gasteiger partial charge in [-0.15, -0.1) is 0 Å². The highest BCUT2D eigenvalue weighted by molar-refractivity contribution is 5.66. The van der Waals surface area contributed by atoms with Crippen molar-refractivity contribution in [2.45, 2.75) is 76.0 Å². The zero-order chi connectivity index (χ0) is 21.6. The van der Waals surface area contributed by atoms with E-state index >= 15 is 0 Å². The second-order valence-corrected chi connectivity index (χ2v) is 10.3. The minimum absolute atomic E-state index is 0.0157. The number of ether oxygens (including phenoxy) is 5. The summed E-state index contributed by atoms with van der Waals surface area (Å²) >= 11 is 0. The molecule has 3 heterocycles. The van der Waals surface area contributed by atoms with Crippen LogP contribution in [0.15, 0.2) is 30.3 Å². The minimum atomic E-state index is -0.646. The monoisotopic (exact) mass is 430 g/mol. The van der Waals surface area contributed by atoms with Crippen LogP contribution in [0.3, 0.4) is 0 Å². The molecule has 6 rings (SSSR count). The van der Waals surface area contributed by atoms with Crippen LogP contribution in [-0.4, -0.2) is 60.4 Å². The van der Waals surface area contributed by atoms with Crippen molar-refractivity contribution in [1.82, 2.24) is 0 Å². The SMILES string of the molecule is CC(=O)OC1CC2(C)C3(CO3)C1OC1CC(C)C(O)C3OC(c4ccccc4)OCC132. The van der Waals surface area contributed by atoms with Crippen molar-refractivity contribution in [3.8, 4) is 0 Å². The van der Waals surface area contributed by atoms with Crippen molar-refractivity contribution in [1.29, 1.82) is 0 Å². The van der Waals surface area contributed by atoms with Gasteiger partial charge in [0.15, 0.2) is 6.29 Å². The van der Waals surface area contributed by atoms with E-state index in [1.807, 2.05) is 37.3 Å². The fourth-order valence-corrected chi connectivity index (χ4v) is 7.16. The molecule has 2 bridgehead atoms. The normalized spacial score (nSPS) is 52.3. The topological polar surface area (TPSA) is 86.8 Å². The fourth-order valence-electron chi connectivity index (χ4n) is 7.16. The molecule has 1 aromatic carbocycles. The van der Waals surface area contributed by atoms with Gasteiger partial charge in [-0.25, -0.2) is 0 Å². The predicted octanol–water partition coefficient (Wildman–Crippen LogP) is 2.37. The molecule has 0 aromatic heterocycles. The summed E-state index contributed by atoms with van der Waals surface area (Å²) in [6.07, 6.45) is -1.19. The average molecular weight is 430 g/mol. The van der Waals surface area contributed by atoms with Gasteiger partial charge in [0.25, 0.3) is 0 Å². The van der Waals surface area contributed by atoms with Crippen LogP contribution in [0.2, 0.25) is 0 Å². The first-order chi connectivity index (χ1) is 14.8. The molecule has 2 aliphatic carbocycles. The maximum absolute atomic E-state index is 11.8. The van der Waals surface area contributed by atoms with Crippen molar-refractivity contribution in [3.63, 3.8) is 0 Å². The number of aliphatic hydroxyl groups is 1. The van der Waals surface area contributed by atoms with Gasteiger partial charge in [0.2, 0.25) is 0 Å². The standard InChI is InChI=1S/C24H30O7/c1-13-9-17-23(11-27-21(31-20(23)18(13)26)15-7-5-4-6-8-15)22(3)10-16(29-14(2)25)19(30-17)24(22)12-28-24/h4-8,13,16-21,26H,9-12H2,1-3H3. The van der Waals surface area contributed by atoms with Crippen LogP contribution in [-0.2, 0) is 28.5 Å². The molecule has 1 aromatic rings. The lowest BCUT2D eigenvalue weighted by molar-refractivity contribution is -0.378. The van der Waals surface area contributed by atoms with E-state index in [4.69, 9.17) is 23.7 Å². The minimum Gasteiger partial charge on any atom is -0.460 e. The first kappa shape index (κ1) is 20.1. The molecule has 0 radical (unpaired) electrons. The molecule has 5 aliphatic rings. The van der Waals surface area contributed by atoms with Crippen molar-refractivity contribution in [2.24, 2.45) is 16.7 Å². The van der Waals surface area contributed by atoms with Crippen LogP contribution in [0, 0.1) is 16.7 Å². The fraction of sp³-hybridized carbons (Fsp3) is 0.708. The molecule has 0 amide bonds. The molecule has 5 fully saturated rings. The van der Waals surface area contributed by atoms with Crippen LogP contribution in [0.5, 0.6) is 0 Å². The third-order valence-corrected chi connectivity index (χ3v) is 8.83. The van der Waals surface area contributed by atoms with Crippen molar-refractivity contribution in [2.75, 3.05) is 13.2 Å². The van der Waals surface area contributed by atoms with Gasteiger partial charge in [-0.2, -0.15) is 0 Å². The molecular weight excluding hydrogens is 400 g/mol. The Bertz CT molecular complexity index is 885. The smallest absolute Gasteiger partial charge is 0.302 e. The Morgan fingerprint density at radius 3 is 2.58 bits per heavy atom. The summed E-state index contributed by atoms with van der Waals surface area (Å²) < 4.78 is 31.4. The van der Waals surface area contributed by atoms with E-state index in [2.05, 4.69) is 6.92 Å². The highest BCUT2D eigenvalue weighted by Crippen LogP contribution is 2.73. The Balaban J connectivity index is 1.43. The van der Waals surface area contributed by atoms with Crippen molar-refractivity contribution >= 4 is 5.97 Å². The third-order valence-electron chi connectivity index (χ3n) is 8.83. The highest BCUT2D eigenvalue weighted by Gasteiger charge is 2.85. The maximum Gasteiger partial charge on any atom is 0.302 e. The third kappa shape index (κ3) is 2.44. The van der Waals surface area contributed by atoms with Gasteiger partial charge in [0, 0.05) is 17.9 Å². The Hall–Kier alpha value is -1.51. The summed E-state index contributed by atoms with van der Waals surface area (Å²) in [5, 5.41) is 11.4. The Labute approximate surface area is 181 Å². The van der Waals surface area contributed by atoms with Crippen LogP contribution in [0.25, 0.3) is 0 Å². The zero-order valence-electron chi connectivity index (χ0n) is 18.2. The summed E-state index contributed by atoms with van der Waals surface area (Å²) in [4.78, 5) is 11.8. The number of hydrogen-bond acceptors (Lipinski definition) is 7. The molecule has 3 saturated heterocycles. The van der Waals surface area contributed by atoms with Gasteiger partial charge in [-0.3, -0.25) is 4.79 Å². The molecular formula is C24H30O7. The Morgan fingerprint density at radius 2 is 1.90 bits per heavy atom. The first-order valence-electron chi connectivity index (χ1n) is 11.3. The van der Waals surface area contributed by atoms with Crippen molar-refractivity contribution in [3.05, 3.63) is 35.9 Å². The molecule has 3 aliphatic heterocycles. The van der Waals surface area contributed by atoms with Gasteiger partial charge >= 0.3 is 5.97 Å². The molecule has 1 N–H and O–H groups in total. The molecule has 2 saturated carbocycles. The van der Waals surface area contributed by atoms with Crippen LogP contribution in [0.4, 0.5) is 0 Å². The number of carbonyl (C=O) groups is 1. The highest BCUT2D eigenvalue weighted by atomic mass is 16.7. The van der Waals surface area contributed by atoms with Crippen LogP contribution in [0.1, 0.15) is 45.5 Å². The lowest BCUT2D eigenvalue weighted by Gasteiger charge is -2.65. The number of esters is 1. The number of carbonyl (C=O) groups excluding carboxylic acids is 1. The van der Waals surface area contributed by atoms with Gasteiger partial charge in [0.05, 0.1) is 36.9 Å². The van der Waals surface area contributed by atoms with E-state index in [9.17, 15) is 9.90 Å². The molecule has 10 atom stereocenters. The van der Waals surface area contributed by atoms with Gasteiger partial charge < -0.3 is 28.8 Å². The Kier molecular flexibility index (Phi) is 4.23. The molecule has 7 heteroatoms. The molecule has 31 heavy (non-hydrogen) atoms. The van der Waals surface area contributed by atoms with E-state index < -0.39 is 34.9 Å². The average Bonchev–Trinajstić information content (AvgIpc) is 3.53. The predicted molar refractivity (Wildman–Crippen MR) is 108 cm³/mol. The van der Waals surface area contributed by atoms with E-state index in [1.54, 1.807) is 0 Å². The number of aliphatic hydroxyl groups excluding tert-OH is 1. The van der Waals surface area contributed by atoms with E-state index in [-0.39, 0.29) is 30.2 Å². The van der Waals surface area contributed by atoms with Gasteiger partial charge in [0.1, 0.15) is 17.8 Å². The lowest BCUT2D eigenvalue weighted by atomic mass is 9.48. The molecule has 7 nitrogen and oxygen atoms in total. The lowest BCUT2D eigenvalue weighted by Crippen LogP contribution is -2.74. The second kappa shape index (κ2) is 6.51. The summed E-state index contributed by atoms with van der Waals surface area (Å²) in [7, 11) is 0. The van der Waals surface area contributed by atoms with E-state index in [0.29, 0.717) is 26.1 Å². The number of hydrogen-bond donors (Lipinski definition) is 1. The van der Waals surface area contributed by atoms with Gasteiger partial charge in [-0.1, -0.05) is 44.2 Å². The van der Waals surface area contributed by atoms with Crippen molar-refractivity contribution < 1.29 is 33.6 Å². The number of rotatable bonds is 2.